The number of rotatable bonds is 9. The maximum absolute atomic E-state index is 11.9. The van der Waals surface area contributed by atoms with Gasteiger partial charge in [-0.25, -0.2) is 4.79 Å². The minimum absolute atomic E-state index is 0.351. The molecule has 0 fully saturated rings. The summed E-state index contributed by atoms with van der Waals surface area (Å²) in [5.74, 6) is 0.179. The van der Waals surface area contributed by atoms with Crippen LogP contribution in [0.5, 0.6) is 5.75 Å². The lowest BCUT2D eigenvalue weighted by Crippen LogP contribution is -2.33. The minimum atomic E-state index is -0.862. The Hall–Kier alpha value is -2.98. The second-order valence-electron chi connectivity index (χ2n) is 5.52. The van der Waals surface area contributed by atoms with Crippen LogP contribution in [0, 0.1) is 11.3 Å². The van der Waals surface area contributed by atoms with Crippen LogP contribution < -0.4 is 10.1 Å². The molecule has 0 aliphatic carbocycles. The van der Waals surface area contributed by atoms with Crippen molar-refractivity contribution in [3.8, 4) is 11.8 Å². The van der Waals surface area contributed by atoms with E-state index in [4.69, 9.17) is 14.7 Å². The van der Waals surface area contributed by atoms with Crippen LogP contribution in [0.4, 0.5) is 0 Å². The average Bonchev–Trinajstić information content (AvgIpc) is 2.70. The van der Waals surface area contributed by atoms with Gasteiger partial charge in [0.25, 0.3) is 5.91 Å². The van der Waals surface area contributed by atoms with Gasteiger partial charge in [-0.05, 0) is 43.3 Å². The van der Waals surface area contributed by atoms with Gasteiger partial charge < -0.3 is 14.8 Å². The minimum Gasteiger partial charge on any atom is -0.479 e. The highest BCUT2D eigenvalue weighted by molar-refractivity contribution is 7.99. The Labute approximate surface area is 162 Å². The largest absolute Gasteiger partial charge is 0.479 e. The second-order valence-corrected chi connectivity index (χ2v) is 6.68. The van der Waals surface area contributed by atoms with Gasteiger partial charge in [-0.2, -0.15) is 5.26 Å². The van der Waals surface area contributed by atoms with Crippen LogP contribution in [0.1, 0.15) is 12.5 Å². The molecular weight excluding hydrogens is 364 g/mol. The van der Waals surface area contributed by atoms with Crippen molar-refractivity contribution in [2.75, 3.05) is 18.9 Å². The van der Waals surface area contributed by atoms with Crippen molar-refractivity contribution in [2.45, 2.75) is 17.9 Å². The zero-order valence-electron chi connectivity index (χ0n) is 14.9. The number of hydrogen-bond acceptors (Lipinski definition) is 6. The van der Waals surface area contributed by atoms with Crippen molar-refractivity contribution in [3.63, 3.8) is 0 Å². The smallest absolute Gasteiger partial charge is 0.347 e. The molecule has 140 valence electrons. The standard InChI is InChI=1S/C20H20N2O4S/c1-15(26-17-9-7-16(13-21)8-10-17)20(24)25-14-19(23)22-11-12-27-18-5-3-2-4-6-18/h2-10,15H,11-12,14H2,1H3,(H,22,23)/t15-/m1/s1. The fraction of sp³-hybridized carbons (Fsp3) is 0.250. The predicted molar refractivity (Wildman–Crippen MR) is 102 cm³/mol. The average molecular weight is 384 g/mol. The van der Waals surface area contributed by atoms with E-state index in [-0.39, 0.29) is 12.5 Å². The van der Waals surface area contributed by atoms with Crippen molar-refractivity contribution < 1.29 is 19.1 Å². The number of carbonyl (C=O) groups excluding carboxylic acids is 2. The van der Waals surface area contributed by atoms with Crippen molar-refractivity contribution >= 4 is 23.6 Å². The molecule has 0 spiro atoms. The molecule has 2 rings (SSSR count). The lowest BCUT2D eigenvalue weighted by molar-refractivity contribution is -0.154. The number of nitriles is 1. The van der Waals surface area contributed by atoms with Crippen LogP contribution in [0.3, 0.4) is 0 Å². The first-order chi connectivity index (χ1) is 13.1. The molecule has 0 heterocycles. The van der Waals surface area contributed by atoms with Gasteiger partial charge in [0.2, 0.25) is 0 Å². The molecule has 1 amide bonds. The maximum atomic E-state index is 11.9. The van der Waals surface area contributed by atoms with Crippen LogP contribution in [0.15, 0.2) is 59.5 Å². The highest BCUT2D eigenvalue weighted by Crippen LogP contribution is 2.16. The number of benzene rings is 2. The summed E-state index contributed by atoms with van der Waals surface area (Å²) < 4.78 is 10.4. The number of ether oxygens (including phenoxy) is 2. The fourth-order valence-corrected chi connectivity index (χ4v) is 2.83. The first-order valence-corrected chi connectivity index (χ1v) is 9.35. The summed E-state index contributed by atoms with van der Waals surface area (Å²) in [4.78, 5) is 24.8. The number of hydrogen-bond donors (Lipinski definition) is 1. The third-order valence-corrected chi connectivity index (χ3v) is 4.42. The first kappa shape index (κ1) is 20.3. The lowest BCUT2D eigenvalue weighted by Gasteiger charge is -2.14. The number of carbonyl (C=O) groups is 2. The summed E-state index contributed by atoms with van der Waals surface area (Å²) in [6.07, 6.45) is -0.862. The Bertz CT molecular complexity index is 788. The third-order valence-electron chi connectivity index (χ3n) is 3.41. The summed E-state index contributed by atoms with van der Waals surface area (Å²) in [5.41, 5.74) is 0.500. The molecule has 1 atom stereocenters. The van der Waals surface area contributed by atoms with Gasteiger partial charge >= 0.3 is 5.97 Å². The molecule has 2 aromatic carbocycles. The van der Waals surface area contributed by atoms with E-state index < -0.39 is 12.1 Å². The van der Waals surface area contributed by atoms with Gasteiger partial charge in [0.1, 0.15) is 5.75 Å². The zero-order valence-corrected chi connectivity index (χ0v) is 15.7. The monoisotopic (exact) mass is 384 g/mol. The molecule has 27 heavy (non-hydrogen) atoms. The van der Waals surface area contributed by atoms with Crippen molar-refractivity contribution in [3.05, 3.63) is 60.2 Å². The Kier molecular flexibility index (Phi) is 8.20. The SMILES string of the molecule is C[C@@H](Oc1ccc(C#N)cc1)C(=O)OCC(=O)NCCSc1ccccc1. The van der Waals surface area contributed by atoms with Gasteiger partial charge in [0.05, 0.1) is 11.6 Å². The first-order valence-electron chi connectivity index (χ1n) is 8.36. The van der Waals surface area contributed by atoms with Gasteiger partial charge in [0.15, 0.2) is 12.7 Å². The Morgan fingerprint density at radius 2 is 1.85 bits per heavy atom. The molecule has 0 bridgehead atoms. The van der Waals surface area contributed by atoms with Gasteiger partial charge in [-0.1, -0.05) is 18.2 Å². The topological polar surface area (TPSA) is 88.4 Å². The van der Waals surface area contributed by atoms with Crippen LogP contribution >= 0.6 is 11.8 Å². The van der Waals surface area contributed by atoms with E-state index in [0.717, 1.165) is 10.6 Å². The highest BCUT2D eigenvalue weighted by Gasteiger charge is 2.17. The van der Waals surface area contributed by atoms with Crippen molar-refractivity contribution in [1.29, 1.82) is 5.26 Å². The summed E-state index contributed by atoms with van der Waals surface area (Å²) in [7, 11) is 0. The second kappa shape index (κ2) is 10.9. The van der Waals surface area contributed by atoms with Crippen molar-refractivity contribution in [2.24, 2.45) is 0 Å². The molecule has 0 aliphatic rings. The Morgan fingerprint density at radius 1 is 1.15 bits per heavy atom. The van der Waals surface area contributed by atoms with Crippen LogP contribution in [-0.4, -0.2) is 36.9 Å². The zero-order chi connectivity index (χ0) is 19.5. The quantitative estimate of drug-likeness (QED) is 0.406. The third kappa shape index (κ3) is 7.42. The van der Waals surface area contributed by atoms with E-state index >= 15 is 0 Å². The van der Waals surface area contributed by atoms with Gasteiger partial charge in [-0.3, -0.25) is 4.79 Å². The lowest BCUT2D eigenvalue weighted by atomic mass is 10.2. The summed E-state index contributed by atoms with van der Waals surface area (Å²) in [6.45, 7) is 1.66. The molecule has 0 radical (unpaired) electrons. The molecule has 0 saturated carbocycles. The summed E-state index contributed by atoms with van der Waals surface area (Å²) in [6, 6.07) is 18.3. The molecule has 7 heteroatoms. The summed E-state index contributed by atoms with van der Waals surface area (Å²) in [5, 5.41) is 11.5. The normalized spacial score (nSPS) is 11.1. The van der Waals surface area contributed by atoms with E-state index in [2.05, 4.69) is 5.32 Å². The number of nitrogens with zero attached hydrogens (tertiary/aromatic N) is 1. The van der Waals surface area contributed by atoms with Crippen LogP contribution in [-0.2, 0) is 14.3 Å². The van der Waals surface area contributed by atoms with E-state index in [0.29, 0.717) is 17.9 Å². The molecule has 2 aromatic rings. The highest BCUT2D eigenvalue weighted by atomic mass is 32.2. The number of thioether (sulfide) groups is 1. The maximum Gasteiger partial charge on any atom is 0.347 e. The summed E-state index contributed by atoms with van der Waals surface area (Å²) >= 11 is 1.63. The Morgan fingerprint density at radius 3 is 2.52 bits per heavy atom. The molecule has 1 N–H and O–H groups in total. The number of nitrogens with one attached hydrogen (secondary N) is 1. The van der Waals surface area contributed by atoms with Gasteiger partial charge in [0, 0.05) is 17.2 Å². The molecular formula is C20H20N2O4S. The van der Waals surface area contributed by atoms with E-state index in [1.807, 2.05) is 36.4 Å². The number of amides is 1. The fourth-order valence-electron chi connectivity index (χ4n) is 2.04. The van der Waals surface area contributed by atoms with Gasteiger partial charge in [-0.15, -0.1) is 11.8 Å². The van der Waals surface area contributed by atoms with E-state index in [1.54, 1.807) is 36.0 Å². The molecule has 0 unspecified atom stereocenters. The van der Waals surface area contributed by atoms with E-state index in [9.17, 15) is 9.59 Å². The Balaban J connectivity index is 1.63. The van der Waals surface area contributed by atoms with Crippen LogP contribution in [0.25, 0.3) is 0 Å². The van der Waals surface area contributed by atoms with E-state index in [1.165, 1.54) is 6.92 Å². The predicted octanol–water partition coefficient (Wildman–Crippen LogP) is 2.78. The number of esters is 1. The van der Waals surface area contributed by atoms with Crippen molar-refractivity contribution in [1.82, 2.24) is 5.32 Å². The molecule has 0 saturated heterocycles. The molecule has 6 nitrogen and oxygen atoms in total. The van der Waals surface area contributed by atoms with Crippen LogP contribution in [0.2, 0.25) is 0 Å². The molecule has 0 aliphatic heterocycles. The molecule has 0 aromatic heterocycles.